The van der Waals surface area contributed by atoms with Gasteiger partial charge in [0.25, 0.3) is 0 Å². The molecule has 102 valence electrons. The van der Waals surface area contributed by atoms with Crippen LogP contribution in [0.15, 0.2) is 28.7 Å². The predicted molar refractivity (Wildman–Crippen MR) is 78.9 cm³/mol. The number of hydrogen-bond acceptors (Lipinski definition) is 5. The fourth-order valence-corrected chi connectivity index (χ4v) is 2.45. The molecule has 0 atom stereocenters. The molecule has 2 rings (SSSR count). The summed E-state index contributed by atoms with van der Waals surface area (Å²) in [6.07, 6.45) is 0. The van der Waals surface area contributed by atoms with Gasteiger partial charge in [-0.2, -0.15) is 11.8 Å². The van der Waals surface area contributed by atoms with Crippen LogP contribution < -0.4 is 5.73 Å². The first-order valence-corrected chi connectivity index (χ1v) is 7.35. The van der Waals surface area contributed by atoms with Crippen LogP contribution in [0.1, 0.15) is 25.3 Å². The molecule has 0 bridgehead atoms. The lowest BCUT2D eigenvalue weighted by atomic mass is 10.1. The van der Waals surface area contributed by atoms with E-state index in [2.05, 4.69) is 10.2 Å². The summed E-state index contributed by atoms with van der Waals surface area (Å²) >= 11 is 1.70. The number of nitrogens with zero attached hydrogens (tertiary/aromatic N) is 2. The molecule has 0 aliphatic rings. The van der Waals surface area contributed by atoms with E-state index in [1.807, 2.05) is 45.0 Å². The highest BCUT2D eigenvalue weighted by atomic mass is 32.2. The van der Waals surface area contributed by atoms with Gasteiger partial charge in [-0.05, 0) is 32.9 Å². The van der Waals surface area contributed by atoms with Crippen molar-refractivity contribution in [3.05, 3.63) is 35.7 Å². The summed E-state index contributed by atoms with van der Waals surface area (Å²) in [7, 11) is 0. The van der Waals surface area contributed by atoms with Crippen molar-refractivity contribution >= 4 is 11.8 Å². The van der Waals surface area contributed by atoms with Crippen LogP contribution in [-0.2, 0) is 5.75 Å². The van der Waals surface area contributed by atoms with Gasteiger partial charge in [0.05, 0.1) is 5.75 Å². The smallest absolute Gasteiger partial charge is 0.247 e. The summed E-state index contributed by atoms with van der Waals surface area (Å²) in [5.41, 5.74) is 7.91. The maximum absolute atomic E-state index is 5.92. The SMILES string of the molecule is Cc1ccc(-c2nnc(CSCC(C)(C)N)o2)cc1. The van der Waals surface area contributed by atoms with Crippen LogP contribution in [0.25, 0.3) is 11.5 Å². The Balaban J connectivity index is 1.97. The first kappa shape index (κ1) is 14.1. The van der Waals surface area contributed by atoms with Crippen molar-refractivity contribution in [2.75, 3.05) is 5.75 Å². The van der Waals surface area contributed by atoms with Gasteiger partial charge in [-0.25, -0.2) is 0 Å². The van der Waals surface area contributed by atoms with Crippen LogP contribution in [0.5, 0.6) is 0 Å². The summed E-state index contributed by atoms with van der Waals surface area (Å²) in [5.74, 6) is 2.77. The zero-order valence-corrected chi connectivity index (χ0v) is 12.3. The summed E-state index contributed by atoms with van der Waals surface area (Å²) < 4.78 is 5.64. The van der Waals surface area contributed by atoms with Crippen LogP contribution in [0.4, 0.5) is 0 Å². The van der Waals surface area contributed by atoms with Gasteiger partial charge >= 0.3 is 0 Å². The zero-order valence-electron chi connectivity index (χ0n) is 11.5. The Morgan fingerprint density at radius 1 is 1.21 bits per heavy atom. The maximum atomic E-state index is 5.92. The van der Waals surface area contributed by atoms with E-state index in [9.17, 15) is 0 Å². The van der Waals surface area contributed by atoms with Gasteiger partial charge < -0.3 is 10.2 Å². The summed E-state index contributed by atoms with van der Waals surface area (Å²) in [5, 5.41) is 8.13. The van der Waals surface area contributed by atoms with Gasteiger partial charge in [-0.15, -0.1) is 10.2 Å². The minimum atomic E-state index is -0.176. The van der Waals surface area contributed by atoms with Crippen LogP contribution in [0.3, 0.4) is 0 Å². The van der Waals surface area contributed by atoms with Crippen molar-refractivity contribution in [2.24, 2.45) is 5.73 Å². The van der Waals surface area contributed by atoms with Crippen molar-refractivity contribution in [1.29, 1.82) is 0 Å². The Bertz CT molecular complexity index is 528. The first-order valence-electron chi connectivity index (χ1n) is 6.20. The number of thioether (sulfide) groups is 1. The number of benzene rings is 1. The van der Waals surface area contributed by atoms with Crippen LogP contribution >= 0.6 is 11.8 Å². The van der Waals surface area contributed by atoms with Gasteiger partial charge in [-0.1, -0.05) is 17.7 Å². The first-order chi connectivity index (χ1) is 8.94. The highest BCUT2D eigenvalue weighted by Crippen LogP contribution is 2.21. The minimum absolute atomic E-state index is 0.176. The Labute approximate surface area is 117 Å². The third-order valence-corrected chi connectivity index (χ3v) is 3.86. The number of nitrogens with two attached hydrogens (primary N) is 1. The molecule has 1 aromatic heterocycles. The Morgan fingerprint density at radius 3 is 2.53 bits per heavy atom. The van der Waals surface area contributed by atoms with E-state index >= 15 is 0 Å². The quantitative estimate of drug-likeness (QED) is 0.910. The van der Waals surface area contributed by atoms with E-state index in [1.54, 1.807) is 11.8 Å². The van der Waals surface area contributed by atoms with E-state index < -0.39 is 0 Å². The van der Waals surface area contributed by atoms with Gasteiger partial charge in [0.15, 0.2) is 0 Å². The topological polar surface area (TPSA) is 64.9 Å². The molecule has 4 nitrogen and oxygen atoms in total. The standard InChI is InChI=1S/C14H19N3OS/c1-10-4-6-11(7-5-10)13-17-16-12(18-13)8-19-9-14(2,3)15/h4-7H,8-9,15H2,1-3H3. The molecule has 0 radical (unpaired) electrons. The van der Waals surface area contributed by atoms with Gasteiger partial charge in [0.1, 0.15) is 0 Å². The molecule has 0 spiro atoms. The van der Waals surface area contributed by atoms with Gasteiger partial charge in [-0.3, -0.25) is 0 Å². The zero-order chi connectivity index (χ0) is 13.9. The van der Waals surface area contributed by atoms with Crippen LogP contribution in [-0.4, -0.2) is 21.5 Å². The van der Waals surface area contributed by atoms with Crippen LogP contribution in [0, 0.1) is 6.92 Å². The van der Waals surface area contributed by atoms with E-state index in [0.717, 1.165) is 11.3 Å². The molecule has 0 fully saturated rings. The van der Waals surface area contributed by atoms with Crippen molar-refractivity contribution in [2.45, 2.75) is 32.1 Å². The normalized spacial score (nSPS) is 11.8. The molecule has 1 aromatic carbocycles. The summed E-state index contributed by atoms with van der Waals surface area (Å²) in [6.45, 7) is 6.06. The second kappa shape index (κ2) is 5.75. The lowest BCUT2D eigenvalue weighted by Crippen LogP contribution is -2.34. The monoisotopic (exact) mass is 277 g/mol. The van der Waals surface area contributed by atoms with Crippen LogP contribution in [0.2, 0.25) is 0 Å². The fraction of sp³-hybridized carbons (Fsp3) is 0.429. The molecular weight excluding hydrogens is 258 g/mol. The van der Waals surface area contributed by atoms with Gasteiger partial charge in [0.2, 0.25) is 11.8 Å². The molecule has 2 aromatic rings. The molecule has 5 heteroatoms. The number of rotatable bonds is 5. The lowest BCUT2D eigenvalue weighted by Gasteiger charge is -2.16. The Kier molecular flexibility index (Phi) is 4.27. The molecule has 0 unspecified atom stereocenters. The van der Waals surface area contributed by atoms with Crippen molar-refractivity contribution in [1.82, 2.24) is 10.2 Å². The van der Waals surface area contributed by atoms with Crippen molar-refractivity contribution in [3.8, 4) is 11.5 Å². The van der Waals surface area contributed by atoms with E-state index in [4.69, 9.17) is 10.2 Å². The molecule has 0 saturated heterocycles. The average molecular weight is 277 g/mol. The van der Waals surface area contributed by atoms with Crippen molar-refractivity contribution in [3.63, 3.8) is 0 Å². The largest absolute Gasteiger partial charge is 0.420 e. The number of hydrogen-bond donors (Lipinski definition) is 1. The lowest BCUT2D eigenvalue weighted by molar-refractivity contribution is 0.527. The highest BCUT2D eigenvalue weighted by Gasteiger charge is 2.13. The predicted octanol–water partition coefficient (Wildman–Crippen LogP) is 3.02. The van der Waals surface area contributed by atoms with E-state index in [-0.39, 0.29) is 5.54 Å². The highest BCUT2D eigenvalue weighted by molar-refractivity contribution is 7.98. The molecule has 0 saturated carbocycles. The number of aryl methyl sites for hydroxylation is 1. The summed E-state index contributed by atoms with van der Waals surface area (Å²) in [6, 6.07) is 8.04. The minimum Gasteiger partial charge on any atom is -0.420 e. The van der Waals surface area contributed by atoms with Gasteiger partial charge in [0, 0.05) is 16.9 Å². The molecule has 0 aliphatic carbocycles. The number of aromatic nitrogens is 2. The molecule has 0 amide bonds. The molecule has 2 N–H and O–H groups in total. The van der Waals surface area contributed by atoms with E-state index in [0.29, 0.717) is 17.5 Å². The second-order valence-electron chi connectivity index (χ2n) is 5.35. The molecule has 0 aliphatic heterocycles. The Hall–Kier alpha value is -1.33. The third-order valence-electron chi connectivity index (χ3n) is 2.46. The molecular formula is C14H19N3OS. The third kappa shape index (κ3) is 4.36. The Morgan fingerprint density at radius 2 is 1.89 bits per heavy atom. The maximum Gasteiger partial charge on any atom is 0.247 e. The summed E-state index contributed by atoms with van der Waals surface area (Å²) in [4.78, 5) is 0. The average Bonchev–Trinajstić information content (AvgIpc) is 2.77. The molecule has 1 heterocycles. The van der Waals surface area contributed by atoms with Crippen molar-refractivity contribution < 1.29 is 4.42 Å². The van der Waals surface area contributed by atoms with E-state index in [1.165, 1.54) is 5.56 Å². The second-order valence-corrected chi connectivity index (χ2v) is 6.33. The molecule has 19 heavy (non-hydrogen) atoms. The fourth-order valence-electron chi connectivity index (χ4n) is 1.53.